The van der Waals surface area contributed by atoms with Gasteiger partial charge in [0.05, 0.1) is 19.1 Å². The van der Waals surface area contributed by atoms with Crippen LogP contribution >= 0.6 is 0 Å². The molecule has 0 heterocycles. The molecule has 0 fully saturated rings. The summed E-state index contributed by atoms with van der Waals surface area (Å²) in [6, 6.07) is 6.91. The predicted molar refractivity (Wildman–Crippen MR) is 91.1 cm³/mol. The number of benzene rings is 1. The molecule has 0 saturated heterocycles. The summed E-state index contributed by atoms with van der Waals surface area (Å²) in [5.41, 5.74) is 0.521. The van der Waals surface area contributed by atoms with Crippen molar-refractivity contribution in [3.63, 3.8) is 0 Å². The number of rotatable bonds is 10. The lowest BCUT2D eigenvalue weighted by Crippen LogP contribution is -2.34. The van der Waals surface area contributed by atoms with E-state index in [9.17, 15) is 9.59 Å². The van der Waals surface area contributed by atoms with Crippen LogP contribution in [0.1, 0.15) is 44.0 Å². The Morgan fingerprint density at radius 2 is 1.83 bits per heavy atom. The highest BCUT2D eigenvalue weighted by molar-refractivity contribution is 5.94. The van der Waals surface area contributed by atoms with Gasteiger partial charge in [0.25, 0.3) is 5.91 Å². The van der Waals surface area contributed by atoms with Crippen LogP contribution in [-0.4, -0.2) is 54.3 Å². The predicted octanol–water partition coefficient (Wildman–Crippen LogP) is 2.25. The van der Waals surface area contributed by atoms with Crippen LogP contribution in [0.2, 0.25) is 0 Å². The molecule has 0 aliphatic rings. The molecule has 6 nitrogen and oxygen atoms in total. The van der Waals surface area contributed by atoms with Crippen LogP contribution in [-0.2, 0) is 9.53 Å². The largest absolute Gasteiger partial charge is 0.491 e. The maximum absolute atomic E-state index is 12.6. The first kappa shape index (κ1) is 20.0. The van der Waals surface area contributed by atoms with Crippen LogP contribution in [0, 0.1) is 0 Å². The third-order valence-electron chi connectivity index (χ3n) is 3.24. The molecule has 0 aliphatic carbocycles. The van der Waals surface area contributed by atoms with Crippen molar-refractivity contribution in [3.8, 4) is 5.75 Å². The van der Waals surface area contributed by atoms with Gasteiger partial charge in [-0.25, -0.2) is 0 Å². The monoisotopic (exact) mass is 337 g/mol. The van der Waals surface area contributed by atoms with E-state index in [1.807, 2.05) is 13.8 Å². The Kier molecular flexibility index (Phi) is 8.86. The summed E-state index contributed by atoms with van der Waals surface area (Å²) in [7, 11) is 0. The molecule has 0 atom stereocenters. The van der Waals surface area contributed by atoms with Crippen LogP contribution in [0.3, 0.4) is 0 Å². The summed E-state index contributed by atoms with van der Waals surface area (Å²) >= 11 is 0. The van der Waals surface area contributed by atoms with Crippen molar-refractivity contribution < 1.29 is 24.2 Å². The number of amides is 1. The second kappa shape index (κ2) is 10.6. The number of aliphatic hydroxyl groups is 1. The average Bonchev–Trinajstić information content (AvgIpc) is 2.55. The van der Waals surface area contributed by atoms with Gasteiger partial charge >= 0.3 is 5.97 Å². The minimum absolute atomic E-state index is 0.00957. The zero-order valence-corrected chi connectivity index (χ0v) is 14.7. The SMILES string of the molecule is CCOC(=O)CCN(CCCO)C(=O)c1ccc(OC(C)C)cc1. The zero-order valence-electron chi connectivity index (χ0n) is 14.7. The van der Waals surface area contributed by atoms with E-state index in [1.54, 1.807) is 36.1 Å². The second-order valence-corrected chi connectivity index (χ2v) is 5.62. The lowest BCUT2D eigenvalue weighted by atomic mass is 10.1. The number of ether oxygens (including phenoxy) is 2. The Bertz CT molecular complexity index is 513. The van der Waals surface area contributed by atoms with Gasteiger partial charge in [-0.3, -0.25) is 9.59 Å². The molecule has 0 radical (unpaired) electrons. The molecule has 0 unspecified atom stereocenters. The third kappa shape index (κ3) is 7.00. The van der Waals surface area contributed by atoms with E-state index in [2.05, 4.69) is 0 Å². The first-order valence-corrected chi connectivity index (χ1v) is 8.30. The van der Waals surface area contributed by atoms with Gasteiger partial charge < -0.3 is 19.5 Å². The van der Waals surface area contributed by atoms with E-state index in [4.69, 9.17) is 14.6 Å². The normalized spacial score (nSPS) is 10.5. The van der Waals surface area contributed by atoms with Crippen molar-refractivity contribution in [1.29, 1.82) is 0 Å². The Morgan fingerprint density at radius 1 is 1.17 bits per heavy atom. The molecular formula is C18H27NO5. The van der Waals surface area contributed by atoms with Crippen LogP contribution < -0.4 is 4.74 Å². The third-order valence-corrected chi connectivity index (χ3v) is 3.24. The molecular weight excluding hydrogens is 310 g/mol. The van der Waals surface area contributed by atoms with Gasteiger partial charge in [-0.1, -0.05) is 0 Å². The summed E-state index contributed by atoms with van der Waals surface area (Å²) in [4.78, 5) is 25.7. The number of carbonyl (C=O) groups is 2. The maximum Gasteiger partial charge on any atom is 0.307 e. The number of hydrogen-bond acceptors (Lipinski definition) is 5. The number of esters is 1. The topological polar surface area (TPSA) is 76.1 Å². The van der Waals surface area contributed by atoms with E-state index in [1.165, 1.54) is 0 Å². The lowest BCUT2D eigenvalue weighted by molar-refractivity contribution is -0.143. The molecule has 1 rings (SSSR count). The molecule has 134 valence electrons. The molecule has 1 aromatic rings. The quantitative estimate of drug-likeness (QED) is 0.663. The summed E-state index contributed by atoms with van der Waals surface area (Å²) < 4.78 is 10.5. The fraction of sp³-hybridized carbons (Fsp3) is 0.556. The second-order valence-electron chi connectivity index (χ2n) is 5.62. The van der Waals surface area contributed by atoms with Gasteiger partial charge in [-0.05, 0) is 51.5 Å². The van der Waals surface area contributed by atoms with Crippen molar-refractivity contribution in [1.82, 2.24) is 4.90 Å². The molecule has 0 saturated carbocycles. The summed E-state index contributed by atoms with van der Waals surface area (Å²) in [5, 5.41) is 9.00. The first-order valence-electron chi connectivity index (χ1n) is 8.30. The Balaban J connectivity index is 2.73. The molecule has 0 bridgehead atoms. The molecule has 6 heteroatoms. The first-order chi connectivity index (χ1) is 11.5. The highest BCUT2D eigenvalue weighted by Crippen LogP contribution is 2.15. The summed E-state index contributed by atoms with van der Waals surface area (Å²) in [6.07, 6.45) is 0.667. The van der Waals surface area contributed by atoms with E-state index < -0.39 is 0 Å². The summed E-state index contributed by atoms with van der Waals surface area (Å²) in [5.74, 6) is 0.193. The van der Waals surface area contributed by atoms with Gasteiger partial charge in [0.1, 0.15) is 5.75 Å². The smallest absolute Gasteiger partial charge is 0.307 e. The van der Waals surface area contributed by atoms with Crippen LogP contribution in [0.4, 0.5) is 0 Å². The van der Waals surface area contributed by atoms with Crippen molar-refractivity contribution in [3.05, 3.63) is 29.8 Å². The Labute approximate surface area is 143 Å². The van der Waals surface area contributed by atoms with Gasteiger partial charge in [0, 0.05) is 25.3 Å². The van der Waals surface area contributed by atoms with Crippen LogP contribution in [0.5, 0.6) is 5.75 Å². The van der Waals surface area contributed by atoms with Crippen molar-refractivity contribution in [2.75, 3.05) is 26.3 Å². The van der Waals surface area contributed by atoms with Crippen molar-refractivity contribution in [2.24, 2.45) is 0 Å². The Morgan fingerprint density at radius 3 is 2.38 bits per heavy atom. The van der Waals surface area contributed by atoms with Crippen molar-refractivity contribution in [2.45, 2.75) is 39.7 Å². The van der Waals surface area contributed by atoms with Crippen LogP contribution in [0.25, 0.3) is 0 Å². The fourth-order valence-corrected chi connectivity index (χ4v) is 2.17. The maximum atomic E-state index is 12.6. The van der Waals surface area contributed by atoms with Gasteiger partial charge in [0.2, 0.25) is 0 Å². The van der Waals surface area contributed by atoms with Crippen molar-refractivity contribution >= 4 is 11.9 Å². The molecule has 0 spiro atoms. The van der Waals surface area contributed by atoms with Crippen LogP contribution in [0.15, 0.2) is 24.3 Å². The van der Waals surface area contributed by atoms with Gasteiger partial charge in [0.15, 0.2) is 0 Å². The standard InChI is InChI=1S/C18H27NO5/c1-4-23-17(21)10-12-19(11-5-13-20)18(22)15-6-8-16(9-7-15)24-14(2)3/h6-9,14,20H,4-5,10-13H2,1-3H3. The zero-order chi connectivity index (χ0) is 17.9. The molecule has 1 N–H and O–H groups in total. The molecule has 1 aromatic carbocycles. The molecule has 0 aliphatic heterocycles. The van der Waals surface area contributed by atoms with Gasteiger partial charge in [-0.2, -0.15) is 0 Å². The fourth-order valence-electron chi connectivity index (χ4n) is 2.17. The highest BCUT2D eigenvalue weighted by Gasteiger charge is 2.17. The molecule has 24 heavy (non-hydrogen) atoms. The van der Waals surface area contributed by atoms with E-state index >= 15 is 0 Å². The number of hydrogen-bond donors (Lipinski definition) is 1. The minimum Gasteiger partial charge on any atom is -0.491 e. The number of carbonyl (C=O) groups excluding carboxylic acids is 2. The number of aliphatic hydroxyl groups excluding tert-OH is 1. The molecule has 0 aromatic heterocycles. The lowest BCUT2D eigenvalue weighted by Gasteiger charge is -2.22. The van der Waals surface area contributed by atoms with E-state index in [0.717, 1.165) is 0 Å². The highest BCUT2D eigenvalue weighted by atomic mass is 16.5. The van der Waals surface area contributed by atoms with E-state index in [-0.39, 0.29) is 37.6 Å². The Hall–Kier alpha value is -2.08. The summed E-state index contributed by atoms with van der Waals surface area (Å²) in [6.45, 7) is 6.58. The number of nitrogens with zero attached hydrogens (tertiary/aromatic N) is 1. The van der Waals surface area contributed by atoms with E-state index in [0.29, 0.717) is 30.9 Å². The molecule has 1 amide bonds. The average molecular weight is 337 g/mol. The minimum atomic E-state index is -0.333. The van der Waals surface area contributed by atoms with Gasteiger partial charge in [-0.15, -0.1) is 0 Å².